The minimum Gasteiger partial charge on any atom is -0.325 e. The maximum absolute atomic E-state index is 13.1. The number of nitrogens with one attached hydrogen (secondary N) is 2. The van der Waals surface area contributed by atoms with Gasteiger partial charge in [-0.2, -0.15) is 0 Å². The minimum absolute atomic E-state index is 0.0623. The standard InChI is InChI=1S/C20H15Cl2N5O2/c1-10(11-2-4-12(21)5-3-11)27-18-17(25-26-27)20(9-16(28)24-18)14-8-13(22)6-7-15(14)23-19(20)29/h2-8,10H,9H2,1H3,(H,23,29)(H,24,28)/t10-,20-/m0/s1. The number of hydrogen-bond acceptors (Lipinski definition) is 4. The molecular formula is C20H15Cl2N5O2. The van der Waals surface area contributed by atoms with Crippen LogP contribution in [0.3, 0.4) is 0 Å². The predicted molar refractivity (Wildman–Crippen MR) is 109 cm³/mol. The fourth-order valence-corrected chi connectivity index (χ4v) is 4.39. The molecule has 2 aliphatic rings. The first-order valence-corrected chi connectivity index (χ1v) is 9.78. The summed E-state index contributed by atoms with van der Waals surface area (Å²) in [6, 6.07) is 12.3. The molecule has 3 heterocycles. The van der Waals surface area contributed by atoms with Crippen LogP contribution in [0.15, 0.2) is 42.5 Å². The number of aromatic nitrogens is 3. The fourth-order valence-electron chi connectivity index (χ4n) is 4.09. The Kier molecular flexibility index (Phi) is 3.94. The molecule has 1 aromatic heterocycles. The molecule has 2 atom stereocenters. The van der Waals surface area contributed by atoms with Gasteiger partial charge in [0.15, 0.2) is 5.82 Å². The maximum atomic E-state index is 13.1. The molecule has 2 amide bonds. The van der Waals surface area contributed by atoms with Gasteiger partial charge in [-0.25, -0.2) is 4.68 Å². The molecule has 3 aromatic rings. The van der Waals surface area contributed by atoms with E-state index in [0.29, 0.717) is 32.8 Å². The summed E-state index contributed by atoms with van der Waals surface area (Å²) in [5.41, 5.74) is 1.36. The van der Waals surface area contributed by atoms with Crippen LogP contribution in [0.1, 0.15) is 36.2 Å². The average Bonchev–Trinajstić information content (AvgIpc) is 3.22. The lowest BCUT2D eigenvalue weighted by atomic mass is 9.74. The summed E-state index contributed by atoms with van der Waals surface area (Å²) in [7, 11) is 0. The summed E-state index contributed by atoms with van der Waals surface area (Å²) >= 11 is 12.2. The van der Waals surface area contributed by atoms with Crippen LogP contribution in [0.4, 0.5) is 11.5 Å². The Hall–Kier alpha value is -2.90. The van der Waals surface area contributed by atoms with Crippen molar-refractivity contribution in [3.8, 4) is 0 Å². The van der Waals surface area contributed by atoms with Crippen LogP contribution in [0.5, 0.6) is 0 Å². The molecule has 2 aromatic carbocycles. The van der Waals surface area contributed by atoms with E-state index in [1.807, 2.05) is 19.1 Å². The Balaban J connectivity index is 1.68. The minimum atomic E-state index is -1.25. The molecule has 2 aliphatic heterocycles. The summed E-state index contributed by atoms with van der Waals surface area (Å²) in [5, 5.41) is 15.4. The molecule has 0 saturated carbocycles. The molecule has 0 aliphatic carbocycles. The van der Waals surface area contributed by atoms with E-state index >= 15 is 0 Å². The van der Waals surface area contributed by atoms with Gasteiger partial charge in [0.1, 0.15) is 11.1 Å². The zero-order valence-corrected chi connectivity index (χ0v) is 16.8. The zero-order valence-electron chi connectivity index (χ0n) is 15.2. The highest BCUT2D eigenvalue weighted by molar-refractivity contribution is 6.31. The summed E-state index contributed by atoms with van der Waals surface area (Å²) in [6.45, 7) is 1.94. The van der Waals surface area contributed by atoms with E-state index in [-0.39, 0.29) is 24.3 Å². The van der Waals surface area contributed by atoms with Crippen LogP contribution in [0.25, 0.3) is 0 Å². The second-order valence-corrected chi connectivity index (χ2v) is 8.11. The van der Waals surface area contributed by atoms with Crippen molar-refractivity contribution in [3.63, 3.8) is 0 Å². The van der Waals surface area contributed by atoms with Gasteiger partial charge in [-0.1, -0.05) is 40.5 Å². The van der Waals surface area contributed by atoms with E-state index in [9.17, 15) is 9.59 Å². The number of fused-ring (bicyclic) bond motifs is 4. The Bertz CT molecular complexity index is 1170. The van der Waals surface area contributed by atoms with Gasteiger partial charge < -0.3 is 10.6 Å². The van der Waals surface area contributed by atoms with Crippen LogP contribution in [-0.2, 0) is 15.0 Å². The van der Waals surface area contributed by atoms with E-state index in [0.717, 1.165) is 5.56 Å². The van der Waals surface area contributed by atoms with E-state index in [1.165, 1.54) is 0 Å². The number of carbonyl (C=O) groups excluding carboxylic acids is 2. The summed E-state index contributed by atoms with van der Waals surface area (Å²) in [5.74, 6) is -0.184. The monoisotopic (exact) mass is 427 g/mol. The third-order valence-electron chi connectivity index (χ3n) is 5.58. The number of hydrogen-bond donors (Lipinski definition) is 2. The van der Waals surface area contributed by atoms with Gasteiger partial charge in [-0.3, -0.25) is 9.59 Å². The van der Waals surface area contributed by atoms with Gasteiger partial charge in [0, 0.05) is 15.7 Å². The van der Waals surface area contributed by atoms with Gasteiger partial charge in [0.25, 0.3) is 0 Å². The van der Waals surface area contributed by atoms with Crippen LogP contribution in [-0.4, -0.2) is 26.8 Å². The molecule has 0 radical (unpaired) electrons. The van der Waals surface area contributed by atoms with Crippen molar-refractivity contribution in [3.05, 3.63) is 69.3 Å². The van der Waals surface area contributed by atoms with Crippen molar-refractivity contribution in [1.82, 2.24) is 15.0 Å². The number of nitrogens with zero attached hydrogens (tertiary/aromatic N) is 3. The normalized spacial score (nSPS) is 20.8. The van der Waals surface area contributed by atoms with Crippen LogP contribution in [0.2, 0.25) is 10.0 Å². The van der Waals surface area contributed by atoms with Crippen molar-refractivity contribution in [2.45, 2.75) is 24.8 Å². The molecular weight excluding hydrogens is 413 g/mol. The molecule has 146 valence electrons. The summed E-state index contributed by atoms with van der Waals surface area (Å²) in [4.78, 5) is 25.8. The molecule has 1 spiro atoms. The van der Waals surface area contributed by atoms with Gasteiger partial charge in [-0.15, -0.1) is 5.10 Å². The number of anilines is 2. The van der Waals surface area contributed by atoms with E-state index in [4.69, 9.17) is 23.2 Å². The molecule has 9 heteroatoms. The molecule has 2 N–H and O–H groups in total. The lowest BCUT2D eigenvalue weighted by Crippen LogP contribution is -2.44. The lowest BCUT2D eigenvalue weighted by Gasteiger charge is -2.30. The van der Waals surface area contributed by atoms with Gasteiger partial charge in [0.05, 0.1) is 12.5 Å². The van der Waals surface area contributed by atoms with Crippen molar-refractivity contribution >= 4 is 46.5 Å². The average molecular weight is 428 g/mol. The van der Waals surface area contributed by atoms with Gasteiger partial charge >= 0.3 is 0 Å². The fraction of sp³-hybridized carbons (Fsp3) is 0.200. The SMILES string of the molecule is C[C@@H](c1ccc(Cl)cc1)n1nnc2c1NC(=O)C[C@@]21C(=O)Nc2ccc(Cl)cc21. The highest BCUT2D eigenvalue weighted by Crippen LogP contribution is 2.50. The Morgan fingerprint density at radius 3 is 2.55 bits per heavy atom. The third kappa shape index (κ3) is 2.58. The molecule has 5 rings (SSSR count). The number of benzene rings is 2. The predicted octanol–water partition coefficient (Wildman–Crippen LogP) is 3.77. The van der Waals surface area contributed by atoms with Gasteiger partial charge in [0.2, 0.25) is 11.8 Å². The third-order valence-corrected chi connectivity index (χ3v) is 6.07. The first kappa shape index (κ1) is 18.1. The summed E-state index contributed by atoms with van der Waals surface area (Å²) < 4.78 is 1.62. The molecule has 0 saturated heterocycles. The van der Waals surface area contributed by atoms with E-state index in [1.54, 1.807) is 35.0 Å². The zero-order chi connectivity index (χ0) is 20.3. The quantitative estimate of drug-likeness (QED) is 0.651. The smallest absolute Gasteiger partial charge is 0.241 e. The Morgan fingerprint density at radius 2 is 1.79 bits per heavy atom. The maximum Gasteiger partial charge on any atom is 0.241 e. The largest absolute Gasteiger partial charge is 0.325 e. The highest BCUT2D eigenvalue weighted by Gasteiger charge is 2.56. The van der Waals surface area contributed by atoms with Crippen molar-refractivity contribution in [2.24, 2.45) is 0 Å². The lowest BCUT2D eigenvalue weighted by molar-refractivity contribution is -0.125. The second-order valence-electron chi connectivity index (χ2n) is 7.23. The Labute approximate surface area is 176 Å². The molecule has 29 heavy (non-hydrogen) atoms. The van der Waals surface area contributed by atoms with E-state index in [2.05, 4.69) is 20.9 Å². The summed E-state index contributed by atoms with van der Waals surface area (Å²) in [6.07, 6.45) is -0.0623. The van der Waals surface area contributed by atoms with Crippen LogP contribution in [0, 0.1) is 0 Å². The Morgan fingerprint density at radius 1 is 1.07 bits per heavy atom. The number of carbonyl (C=O) groups is 2. The highest BCUT2D eigenvalue weighted by atomic mass is 35.5. The first-order valence-electron chi connectivity index (χ1n) is 9.02. The van der Waals surface area contributed by atoms with Crippen molar-refractivity contribution in [2.75, 3.05) is 10.6 Å². The number of amides is 2. The number of rotatable bonds is 2. The van der Waals surface area contributed by atoms with E-state index < -0.39 is 5.41 Å². The first-order chi connectivity index (χ1) is 13.9. The molecule has 0 unspecified atom stereocenters. The van der Waals surface area contributed by atoms with Crippen LogP contribution >= 0.6 is 23.2 Å². The number of halogens is 2. The van der Waals surface area contributed by atoms with Gasteiger partial charge in [-0.05, 0) is 48.4 Å². The topological polar surface area (TPSA) is 88.9 Å². The van der Waals surface area contributed by atoms with Crippen molar-refractivity contribution < 1.29 is 9.59 Å². The molecule has 0 fully saturated rings. The molecule has 0 bridgehead atoms. The van der Waals surface area contributed by atoms with Crippen LogP contribution < -0.4 is 10.6 Å². The molecule has 7 nitrogen and oxygen atoms in total. The second kappa shape index (κ2) is 6.30. The van der Waals surface area contributed by atoms with Crippen molar-refractivity contribution in [1.29, 1.82) is 0 Å².